The Kier molecular flexibility index (Phi) is 7.49. The van der Waals surface area contributed by atoms with E-state index in [0.29, 0.717) is 16.9 Å². The molecule has 0 N–H and O–H groups in total. The fourth-order valence-electron chi connectivity index (χ4n) is 7.96. The van der Waals surface area contributed by atoms with Crippen LogP contribution in [0.2, 0.25) is 0 Å². The fourth-order valence-corrected chi connectivity index (χ4v) is 8.29. The van der Waals surface area contributed by atoms with Gasteiger partial charge in [-0.25, -0.2) is 0 Å². The second-order valence-corrected chi connectivity index (χ2v) is 14.0. The van der Waals surface area contributed by atoms with Crippen LogP contribution in [-0.2, 0) is 11.8 Å². The Morgan fingerprint density at radius 1 is 1.18 bits per heavy atom. The normalized spacial score (nSPS) is 34.2. The minimum absolute atomic E-state index is 0.341. The lowest BCUT2D eigenvalue weighted by molar-refractivity contribution is -0.0567. The summed E-state index contributed by atoms with van der Waals surface area (Å²) in [4.78, 5) is 2.91. The Balaban J connectivity index is 1.81. The molecule has 1 saturated heterocycles. The highest BCUT2D eigenvalue weighted by molar-refractivity contribution is 9.10. The maximum atomic E-state index is 3.94. The summed E-state index contributed by atoms with van der Waals surface area (Å²) in [6.45, 7) is 22.5. The quantitative estimate of drug-likeness (QED) is 0.365. The van der Waals surface area contributed by atoms with Crippen LogP contribution < -0.4 is 0 Å². The third-order valence-electron chi connectivity index (χ3n) is 10.6. The molecule has 0 aromatic heterocycles. The molecule has 2 heteroatoms. The molecule has 1 heterocycles. The van der Waals surface area contributed by atoms with Crippen LogP contribution in [0.15, 0.2) is 16.6 Å². The Bertz CT molecular complexity index is 834. The van der Waals surface area contributed by atoms with E-state index >= 15 is 0 Å². The molecule has 0 bridgehead atoms. The van der Waals surface area contributed by atoms with E-state index in [4.69, 9.17) is 0 Å². The van der Waals surface area contributed by atoms with Crippen molar-refractivity contribution < 1.29 is 0 Å². The van der Waals surface area contributed by atoms with Gasteiger partial charge >= 0.3 is 0 Å². The van der Waals surface area contributed by atoms with Gasteiger partial charge in [-0.1, -0.05) is 70.0 Å². The minimum atomic E-state index is 0.341. The molecule has 0 amide bonds. The number of aryl methyl sites for hydroxylation is 1. The number of likely N-dealkylation sites (tertiary alicyclic amines) is 1. The van der Waals surface area contributed by atoms with E-state index in [2.05, 4.69) is 88.4 Å². The number of hydrogen-bond donors (Lipinski definition) is 0. The average molecular weight is 517 g/mol. The number of rotatable bonds is 6. The van der Waals surface area contributed by atoms with Crippen molar-refractivity contribution in [1.82, 2.24) is 4.90 Å². The maximum absolute atomic E-state index is 3.94. The number of halogens is 1. The first-order valence-electron chi connectivity index (χ1n) is 14.1. The monoisotopic (exact) mass is 515 g/mol. The fraction of sp³-hybridized carbons (Fsp3) is 0.806. The lowest BCUT2D eigenvalue weighted by Gasteiger charge is -2.60. The Hall–Kier alpha value is -0.340. The van der Waals surface area contributed by atoms with E-state index in [1.54, 1.807) is 11.1 Å². The van der Waals surface area contributed by atoms with Gasteiger partial charge in [0.1, 0.15) is 0 Å². The van der Waals surface area contributed by atoms with Gasteiger partial charge in [-0.2, -0.15) is 0 Å². The number of piperidine rings is 1. The highest BCUT2D eigenvalue weighted by Gasteiger charge is 2.55. The van der Waals surface area contributed by atoms with Crippen molar-refractivity contribution in [2.75, 3.05) is 13.1 Å². The predicted molar refractivity (Wildman–Crippen MR) is 147 cm³/mol. The van der Waals surface area contributed by atoms with E-state index in [9.17, 15) is 0 Å². The second-order valence-electron chi connectivity index (χ2n) is 13.2. The molecule has 2 aliphatic carbocycles. The van der Waals surface area contributed by atoms with Crippen LogP contribution in [0.3, 0.4) is 0 Å². The van der Waals surface area contributed by atoms with Gasteiger partial charge in [-0.3, -0.25) is 0 Å². The Labute approximate surface area is 213 Å². The summed E-state index contributed by atoms with van der Waals surface area (Å²) in [6.07, 6.45) is 9.56. The number of benzene rings is 1. The van der Waals surface area contributed by atoms with E-state index in [1.165, 1.54) is 61.7 Å². The van der Waals surface area contributed by atoms with Crippen LogP contribution in [0.4, 0.5) is 0 Å². The van der Waals surface area contributed by atoms with Gasteiger partial charge in [0.25, 0.3) is 0 Å². The largest absolute Gasteiger partial charge is 0.300 e. The molecule has 2 saturated carbocycles. The van der Waals surface area contributed by atoms with Crippen molar-refractivity contribution in [3.63, 3.8) is 0 Å². The number of nitrogens with zero attached hydrogens (tertiary/aromatic N) is 1. The van der Waals surface area contributed by atoms with E-state index in [0.717, 1.165) is 36.0 Å². The number of fused-ring (bicyclic) bond motifs is 1. The van der Waals surface area contributed by atoms with Gasteiger partial charge in [-0.05, 0) is 117 Å². The molecule has 6 atom stereocenters. The molecule has 1 aromatic carbocycles. The van der Waals surface area contributed by atoms with Crippen molar-refractivity contribution >= 4 is 15.9 Å². The molecule has 186 valence electrons. The zero-order chi connectivity index (χ0) is 24.1. The van der Waals surface area contributed by atoms with Crippen LogP contribution >= 0.6 is 15.9 Å². The van der Waals surface area contributed by atoms with Crippen LogP contribution in [0.1, 0.15) is 104 Å². The van der Waals surface area contributed by atoms with Gasteiger partial charge < -0.3 is 4.90 Å². The standard InChI is InChI=1S/C31H50BrN/c1-9-24-13-14-28(32)20(3)29(24)31-15-16-33(19-23-11-12-23)22(5)27(31)17-26(25(10-2)18-31)21(4)30(6,7)8/h13-14,21-23,25-27H,9-12,15-19H2,1-8H3/t21-,22?,25?,26?,27?,31?/m1/s1. The lowest BCUT2D eigenvalue weighted by Crippen LogP contribution is -2.60. The smallest absolute Gasteiger partial charge is 0.0207 e. The zero-order valence-electron chi connectivity index (χ0n) is 22.8. The summed E-state index contributed by atoms with van der Waals surface area (Å²) in [5.74, 6) is 4.19. The first-order valence-corrected chi connectivity index (χ1v) is 14.8. The molecule has 5 unspecified atom stereocenters. The molecule has 3 fully saturated rings. The van der Waals surface area contributed by atoms with Gasteiger partial charge in [0, 0.05) is 22.5 Å². The molecular weight excluding hydrogens is 466 g/mol. The molecule has 4 rings (SSSR count). The van der Waals surface area contributed by atoms with E-state index in [1.807, 2.05) is 0 Å². The van der Waals surface area contributed by atoms with Gasteiger partial charge in [0.05, 0.1) is 0 Å². The summed E-state index contributed by atoms with van der Waals surface area (Å²) < 4.78 is 1.31. The molecule has 1 nitrogen and oxygen atoms in total. The Morgan fingerprint density at radius 2 is 1.88 bits per heavy atom. The molecule has 1 aromatic rings. The molecule has 3 aliphatic rings. The third-order valence-corrected chi connectivity index (χ3v) is 11.4. The van der Waals surface area contributed by atoms with E-state index < -0.39 is 0 Å². The average Bonchev–Trinajstić information content (AvgIpc) is 3.59. The first-order chi connectivity index (χ1) is 15.5. The van der Waals surface area contributed by atoms with Crippen LogP contribution in [-0.4, -0.2) is 24.0 Å². The SMILES string of the molecule is CCc1ccc(Br)c(C)c1C12CCN(CC3CC3)C(C)C1CC([C@@H](C)C(C)(C)C)C(CC)C2. The predicted octanol–water partition coefficient (Wildman–Crippen LogP) is 8.80. The molecule has 0 radical (unpaired) electrons. The molecule has 0 spiro atoms. The van der Waals surface area contributed by atoms with Crippen molar-refractivity contribution in [3.8, 4) is 0 Å². The van der Waals surface area contributed by atoms with Crippen molar-refractivity contribution in [1.29, 1.82) is 0 Å². The summed E-state index contributed by atoms with van der Waals surface area (Å²) in [6, 6.07) is 5.43. The Morgan fingerprint density at radius 3 is 2.45 bits per heavy atom. The van der Waals surface area contributed by atoms with E-state index in [-0.39, 0.29) is 0 Å². The van der Waals surface area contributed by atoms with Crippen LogP contribution in [0.25, 0.3) is 0 Å². The number of hydrogen-bond acceptors (Lipinski definition) is 1. The highest BCUT2D eigenvalue weighted by atomic mass is 79.9. The third kappa shape index (κ3) is 4.74. The molecule has 1 aliphatic heterocycles. The molecule has 33 heavy (non-hydrogen) atoms. The maximum Gasteiger partial charge on any atom is 0.0207 e. The van der Waals surface area contributed by atoms with Crippen LogP contribution in [0, 0.1) is 41.9 Å². The zero-order valence-corrected chi connectivity index (χ0v) is 24.4. The minimum Gasteiger partial charge on any atom is -0.300 e. The van der Waals surface area contributed by atoms with Gasteiger partial charge in [-0.15, -0.1) is 0 Å². The summed E-state index contributed by atoms with van der Waals surface area (Å²) in [5, 5.41) is 0. The topological polar surface area (TPSA) is 3.24 Å². The second kappa shape index (κ2) is 9.61. The highest BCUT2D eigenvalue weighted by Crippen LogP contribution is 2.59. The summed E-state index contributed by atoms with van der Waals surface area (Å²) >= 11 is 3.94. The summed E-state index contributed by atoms with van der Waals surface area (Å²) in [7, 11) is 0. The van der Waals surface area contributed by atoms with Crippen molar-refractivity contribution in [3.05, 3.63) is 33.3 Å². The first kappa shape index (κ1) is 25.7. The van der Waals surface area contributed by atoms with Gasteiger partial charge in [0.15, 0.2) is 0 Å². The van der Waals surface area contributed by atoms with Gasteiger partial charge in [0.2, 0.25) is 0 Å². The molecular formula is C31H50BrN. The summed E-state index contributed by atoms with van der Waals surface area (Å²) in [5.41, 5.74) is 5.60. The lowest BCUT2D eigenvalue weighted by atomic mass is 9.48. The van der Waals surface area contributed by atoms with Crippen molar-refractivity contribution in [2.45, 2.75) is 112 Å². The van der Waals surface area contributed by atoms with Crippen molar-refractivity contribution in [2.24, 2.45) is 35.0 Å². The van der Waals surface area contributed by atoms with Crippen LogP contribution in [0.5, 0.6) is 0 Å².